The fourth-order valence-corrected chi connectivity index (χ4v) is 4.31. The molecule has 1 amide bonds. The number of carbonyl (C=O) groups is 1. The van der Waals surface area contributed by atoms with E-state index in [9.17, 15) is 4.79 Å². The summed E-state index contributed by atoms with van der Waals surface area (Å²) >= 11 is 1.77. The van der Waals surface area contributed by atoms with Gasteiger partial charge in [0.15, 0.2) is 5.96 Å². The van der Waals surface area contributed by atoms with Gasteiger partial charge in [0, 0.05) is 37.6 Å². The minimum absolute atomic E-state index is 0.0113. The number of nitrogens with one attached hydrogen (secondary N) is 2. The number of piperidine rings is 1. The monoisotopic (exact) mass is 436 g/mol. The minimum Gasteiger partial charge on any atom is -0.357 e. The van der Waals surface area contributed by atoms with Gasteiger partial charge in [-0.1, -0.05) is 6.92 Å². The van der Waals surface area contributed by atoms with Gasteiger partial charge in [0.2, 0.25) is 5.91 Å². The van der Waals surface area contributed by atoms with Gasteiger partial charge in [-0.05, 0) is 66.0 Å². The van der Waals surface area contributed by atoms with Gasteiger partial charge in [0.05, 0.1) is 17.2 Å². The molecule has 1 aliphatic rings. The van der Waals surface area contributed by atoms with Gasteiger partial charge < -0.3 is 15.5 Å². The number of thiazole rings is 1. The van der Waals surface area contributed by atoms with E-state index in [1.165, 1.54) is 10.7 Å². The molecule has 0 aromatic carbocycles. The number of nitrogens with zero attached hydrogens (tertiary/aromatic N) is 4. The van der Waals surface area contributed by atoms with E-state index >= 15 is 0 Å². The average Bonchev–Trinajstić information content (AvgIpc) is 3.12. The van der Waals surface area contributed by atoms with Gasteiger partial charge in [0.1, 0.15) is 0 Å². The Morgan fingerprint density at radius 1 is 1.33 bits per heavy atom. The maximum atomic E-state index is 12.2. The Morgan fingerprint density at radius 3 is 2.60 bits per heavy atom. The fourth-order valence-electron chi connectivity index (χ4n) is 3.57. The Kier molecular flexibility index (Phi) is 9.55. The first kappa shape index (κ1) is 24.6. The third kappa shape index (κ3) is 8.60. The first-order valence-corrected chi connectivity index (χ1v) is 12.0. The van der Waals surface area contributed by atoms with E-state index in [4.69, 9.17) is 9.98 Å². The van der Waals surface area contributed by atoms with Gasteiger partial charge in [-0.3, -0.25) is 14.7 Å². The molecular formula is C22H40N6OS. The molecule has 0 aliphatic carbocycles. The predicted octanol–water partition coefficient (Wildman–Crippen LogP) is 2.73. The van der Waals surface area contributed by atoms with Crippen molar-refractivity contribution in [2.75, 3.05) is 39.8 Å². The molecule has 2 N–H and O–H groups in total. The molecule has 1 aromatic rings. The van der Waals surface area contributed by atoms with Gasteiger partial charge in [-0.25, -0.2) is 4.98 Å². The predicted molar refractivity (Wildman–Crippen MR) is 126 cm³/mol. The van der Waals surface area contributed by atoms with Gasteiger partial charge in [-0.15, -0.1) is 11.3 Å². The second kappa shape index (κ2) is 11.6. The maximum Gasteiger partial charge on any atom is 0.240 e. The number of hydrogen-bond acceptors (Lipinski definition) is 5. The van der Waals surface area contributed by atoms with Crippen molar-refractivity contribution >= 4 is 23.2 Å². The van der Waals surface area contributed by atoms with Crippen LogP contribution in [0, 0.1) is 5.92 Å². The minimum atomic E-state index is -0.224. The number of likely N-dealkylation sites (N-methyl/N-ethyl adjacent to an activating group) is 1. The molecule has 1 aromatic heterocycles. The molecule has 2 heterocycles. The van der Waals surface area contributed by atoms with E-state index in [-0.39, 0.29) is 11.4 Å². The van der Waals surface area contributed by atoms with Crippen molar-refractivity contribution in [3.63, 3.8) is 0 Å². The Balaban J connectivity index is 1.81. The van der Waals surface area contributed by atoms with Crippen LogP contribution in [0.3, 0.4) is 0 Å². The summed E-state index contributed by atoms with van der Waals surface area (Å²) in [7, 11) is 1.92. The van der Waals surface area contributed by atoms with Crippen LogP contribution in [0.1, 0.15) is 58.2 Å². The number of amides is 1. The van der Waals surface area contributed by atoms with Gasteiger partial charge in [0.25, 0.3) is 0 Å². The lowest BCUT2D eigenvalue weighted by Crippen LogP contribution is -2.49. The fraction of sp³-hybridized carbons (Fsp3) is 0.773. The number of guanidine groups is 1. The second-order valence-electron chi connectivity index (χ2n) is 9.15. The SMILES string of the molecule is CCNC(=NCC1CCN(Cc2csc(CC)n2)CC1)N(C)CC(=O)NC(C)(C)C. The highest BCUT2D eigenvalue weighted by Gasteiger charge is 2.21. The molecule has 1 saturated heterocycles. The van der Waals surface area contributed by atoms with Crippen molar-refractivity contribution in [3.05, 3.63) is 16.1 Å². The molecule has 0 unspecified atom stereocenters. The van der Waals surface area contributed by atoms with E-state index in [2.05, 4.69) is 34.8 Å². The summed E-state index contributed by atoms with van der Waals surface area (Å²) in [6.45, 7) is 15.2. The molecule has 0 saturated carbocycles. The van der Waals surface area contributed by atoms with Crippen molar-refractivity contribution < 1.29 is 4.79 Å². The summed E-state index contributed by atoms with van der Waals surface area (Å²) in [6, 6.07) is 0. The van der Waals surface area contributed by atoms with Crippen LogP contribution in [0.5, 0.6) is 0 Å². The molecule has 8 heteroatoms. The molecule has 0 radical (unpaired) electrons. The molecule has 170 valence electrons. The van der Waals surface area contributed by atoms with E-state index in [0.29, 0.717) is 12.5 Å². The molecule has 0 spiro atoms. The lowest BCUT2D eigenvalue weighted by Gasteiger charge is -2.31. The standard InChI is InChI=1S/C22H40N6OS/c1-7-20-25-18(16-30-20)14-28-11-9-17(10-12-28)13-24-21(23-8-2)27(6)15-19(29)26-22(3,4)5/h16-17H,7-15H2,1-6H3,(H,23,24)(H,26,29). The second-order valence-corrected chi connectivity index (χ2v) is 10.1. The van der Waals surface area contributed by atoms with Crippen molar-refractivity contribution in [2.24, 2.45) is 10.9 Å². The number of hydrogen-bond donors (Lipinski definition) is 2. The number of aryl methyl sites for hydroxylation is 1. The van der Waals surface area contributed by atoms with Crippen molar-refractivity contribution in [1.82, 2.24) is 25.4 Å². The van der Waals surface area contributed by atoms with Crippen LogP contribution in [-0.4, -0.2) is 72.0 Å². The number of likely N-dealkylation sites (tertiary alicyclic amines) is 1. The zero-order valence-electron chi connectivity index (χ0n) is 19.6. The van der Waals surface area contributed by atoms with Crippen molar-refractivity contribution in [2.45, 2.75) is 66.0 Å². The number of carbonyl (C=O) groups excluding carboxylic acids is 1. The summed E-state index contributed by atoms with van der Waals surface area (Å²) in [5.74, 6) is 1.41. The summed E-state index contributed by atoms with van der Waals surface area (Å²) in [6.07, 6.45) is 3.33. The quantitative estimate of drug-likeness (QED) is 0.484. The highest BCUT2D eigenvalue weighted by Crippen LogP contribution is 2.20. The van der Waals surface area contributed by atoms with Gasteiger partial charge >= 0.3 is 0 Å². The Labute approximate surface area is 186 Å². The van der Waals surface area contributed by atoms with Gasteiger partial charge in [-0.2, -0.15) is 0 Å². The summed E-state index contributed by atoms with van der Waals surface area (Å²) in [4.78, 5) is 26.2. The van der Waals surface area contributed by atoms with Crippen LogP contribution >= 0.6 is 11.3 Å². The van der Waals surface area contributed by atoms with E-state index in [0.717, 1.165) is 57.9 Å². The first-order chi connectivity index (χ1) is 14.2. The largest absolute Gasteiger partial charge is 0.357 e. The smallest absolute Gasteiger partial charge is 0.240 e. The highest BCUT2D eigenvalue weighted by molar-refractivity contribution is 7.09. The molecule has 7 nitrogen and oxygen atoms in total. The maximum absolute atomic E-state index is 12.2. The van der Waals surface area contributed by atoms with E-state index in [1.54, 1.807) is 11.3 Å². The third-order valence-electron chi connectivity index (χ3n) is 5.09. The highest BCUT2D eigenvalue weighted by atomic mass is 32.1. The lowest BCUT2D eigenvalue weighted by molar-refractivity contribution is -0.122. The summed E-state index contributed by atoms with van der Waals surface area (Å²) in [5.41, 5.74) is 0.982. The van der Waals surface area contributed by atoms with Crippen LogP contribution in [-0.2, 0) is 17.8 Å². The van der Waals surface area contributed by atoms with Crippen molar-refractivity contribution in [3.8, 4) is 0 Å². The zero-order valence-corrected chi connectivity index (χ0v) is 20.4. The van der Waals surface area contributed by atoms with Crippen molar-refractivity contribution in [1.29, 1.82) is 0 Å². The summed E-state index contributed by atoms with van der Waals surface area (Å²) in [5, 5.41) is 9.75. The molecule has 0 bridgehead atoms. The molecule has 30 heavy (non-hydrogen) atoms. The topological polar surface area (TPSA) is 72.9 Å². The lowest BCUT2D eigenvalue weighted by atomic mass is 9.97. The van der Waals surface area contributed by atoms with Crippen LogP contribution < -0.4 is 10.6 Å². The number of aromatic nitrogens is 1. The Morgan fingerprint density at radius 2 is 2.03 bits per heavy atom. The van der Waals surface area contributed by atoms with E-state index < -0.39 is 0 Å². The average molecular weight is 437 g/mol. The van der Waals surface area contributed by atoms with Crippen LogP contribution in [0.4, 0.5) is 0 Å². The van der Waals surface area contributed by atoms with Crippen LogP contribution in [0.25, 0.3) is 0 Å². The third-order valence-corrected chi connectivity index (χ3v) is 6.13. The normalized spacial score (nSPS) is 16.5. The van der Waals surface area contributed by atoms with Crippen LogP contribution in [0.15, 0.2) is 10.4 Å². The molecule has 1 fully saturated rings. The Bertz CT molecular complexity index is 688. The molecular weight excluding hydrogens is 396 g/mol. The number of aliphatic imine (C=N–C) groups is 1. The molecule has 2 rings (SSSR count). The molecule has 0 atom stereocenters. The Hall–Kier alpha value is -1.67. The molecule has 1 aliphatic heterocycles. The zero-order chi connectivity index (χ0) is 22.1. The summed E-state index contributed by atoms with van der Waals surface area (Å²) < 4.78 is 0. The van der Waals surface area contributed by atoms with Crippen LogP contribution in [0.2, 0.25) is 0 Å². The number of rotatable bonds is 8. The first-order valence-electron chi connectivity index (χ1n) is 11.2. The van der Waals surface area contributed by atoms with E-state index in [1.807, 2.05) is 32.7 Å².